The Morgan fingerprint density at radius 2 is 1.71 bits per heavy atom. The quantitative estimate of drug-likeness (QED) is 0.528. The monoisotopic (exact) mass is 431 g/mol. The van der Waals surface area contributed by atoms with E-state index < -0.39 is 11.6 Å². The van der Waals surface area contributed by atoms with Gasteiger partial charge in [0.15, 0.2) is 17.3 Å². The van der Waals surface area contributed by atoms with Crippen molar-refractivity contribution in [1.82, 2.24) is 9.97 Å². The van der Waals surface area contributed by atoms with Crippen molar-refractivity contribution < 1.29 is 28.1 Å². The molecule has 0 unspecified atom stereocenters. The van der Waals surface area contributed by atoms with Crippen LogP contribution >= 0.6 is 0 Å². The molecule has 2 N–H and O–H groups in total. The van der Waals surface area contributed by atoms with Gasteiger partial charge in [0.25, 0.3) is 0 Å². The second-order valence-corrected chi connectivity index (χ2v) is 6.71. The molecule has 2 aromatic carbocycles. The Labute approximate surface area is 178 Å². The number of aryl methyl sites for hydroxylation is 2. The summed E-state index contributed by atoms with van der Waals surface area (Å²) >= 11 is 0. The Morgan fingerprint density at radius 3 is 2.39 bits per heavy atom. The molecular formula is C22H23F2N3O4. The number of benzene rings is 2. The average molecular weight is 431 g/mol. The Morgan fingerprint density at radius 1 is 0.968 bits per heavy atom. The highest BCUT2D eigenvalue weighted by Gasteiger charge is 2.18. The average Bonchev–Trinajstić information content (AvgIpc) is 2.77. The fraction of sp³-hybridized carbons (Fsp3) is 0.273. The third-order valence-electron chi connectivity index (χ3n) is 4.46. The molecule has 0 aliphatic heterocycles. The van der Waals surface area contributed by atoms with Gasteiger partial charge in [-0.3, -0.25) is 0 Å². The third kappa shape index (κ3) is 5.37. The number of nitrogens with zero attached hydrogens (tertiary/aromatic N) is 2. The van der Waals surface area contributed by atoms with Crippen molar-refractivity contribution in [2.24, 2.45) is 0 Å². The Bertz CT molecular complexity index is 1050. The highest BCUT2D eigenvalue weighted by atomic mass is 19.1. The number of methoxy groups -OCH3 is 1. The fourth-order valence-corrected chi connectivity index (χ4v) is 2.81. The lowest BCUT2D eigenvalue weighted by Gasteiger charge is -2.13. The topological polar surface area (TPSA) is 85.7 Å². The van der Waals surface area contributed by atoms with Crippen molar-refractivity contribution in [3.63, 3.8) is 0 Å². The second kappa shape index (κ2) is 10.0. The van der Waals surface area contributed by atoms with Gasteiger partial charge in [0, 0.05) is 11.8 Å². The number of hydrogen-bond donors (Lipinski definition) is 2. The summed E-state index contributed by atoms with van der Waals surface area (Å²) in [6.07, 6.45) is 2.80. The summed E-state index contributed by atoms with van der Waals surface area (Å²) in [4.78, 5) is 8.31. The van der Waals surface area contributed by atoms with E-state index in [1.54, 1.807) is 6.07 Å². The van der Waals surface area contributed by atoms with Crippen LogP contribution in [-0.2, 0) is 6.61 Å². The number of aliphatic hydroxyl groups is 1. The first kappa shape index (κ1) is 22.2. The zero-order chi connectivity index (χ0) is 22.4. The Hall–Kier alpha value is -3.46. The van der Waals surface area contributed by atoms with Crippen LogP contribution < -0.4 is 19.5 Å². The lowest BCUT2D eigenvalue weighted by Crippen LogP contribution is -2.06. The summed E-state index contributed by atoms with van der Waals surface area (Å²) in [6, 6.07) is 6.77. The van der Waals surface area contributed by atoms with Crippen molar-refractivity contribution in [1.29, 1.82) is 0 Å². The number of ether oxygens (including phenoxy) is 3. The van der Waals surface area contributed by atoms with E-state index >= 15 is 0 Å². The van der Waals surface area contributed by atoms with Crippen LogP contribution in [0.2, 0.25) is 0 Å². The van der Waals surface area contributed by atoms with Gasteiger partial charge >= 0.3 is 0 Å². The highest BCUT2D eigenvalue weighted by molar-refractivity contribution is 5.57. The molecule has 0 aliphatic carbocycles. The zero-order valence-electron chi connectivity index (χ0n) is 17.4. The maximum atomic E-state index is 14.4. The minimum Gasteiger partial charge on any atom is -0.494 e. The lowest BCUT2D eigenvalue weighted by atomic mass is 10.1. The summed E-state index contributed by atoms with van der Waals surface area (Å²) in [5.74, 6) is -0.343. The molecular weight excluding hydrogens is 408 g/mol. The largest absolute Gasteiger partial charge is 0.494 e. The van der Waals surface area contributed by atoms with Crippen LogP contribution in [0.25, 0.3) is 0 Å². The van der Waals surface area contributed by atoms with E-state index in [0.717, 1.165) is 5.56 Å². The van der Waals surface area contributed by atoms with Gasteiger partial charge < -0.3 is 24.6 Å². The van der Waals surface area contributed by atoms with Gasteiger partial charge in [0.05, 0.1) is 31.7 Å². The molecule has 0 radical (unpaired) electrons. The molecule has 0 aliphatic rings. The van der Waals surface area contributed by atoms with Gasteiger partial charge in [-0.2, -0.15) is 0 Å². The molecule has 0 fully saturated rings. The fourth-order valence-electron chi connectivity index (χ4n) is 2.81. The predicted molar refractivity (Wildman–Crippen MR) is 111 cm³/mol. The molecule has 3 rings (SSSR count). The van der Waals surface area contributed by atoms with E-state index in [1.165, 1.54) is 32.5 Å². The van der Waals surface area contributed by atoms with Crippen molar-refractivity contribution in [3.8, 4) is 17.2 Å². The van der Waals surface area contributed by atoms with E-state index in [-0.39, 0.29) is 42.4 Å². The van der Waals surface area contributed by atoms with Crippen molar-refractivity contribution >= 4 is 11.6 Å². The minimum atomic E-state index is -0.802. The lowest BCUT2D eigenvalue weighted by molar-refractivity contribution is 0.200. The van der Waals surface area contributed by atoms with Gasteiger partial charge in [-0.15, -0.1) is 0 Å². The number of rotatable bonds is 9. The molecule has 0 atom stereocenters. The first-order valence-corrected chi connectivity index (χ1v) is 9.50. The molecule has 0 amide bonds. The van der Waals surface area contributed by atoms with E-state index in [2.05, 4.69) is 15.3 Å². The van der Waals surface area contributed by atoms with Crippen LogP contribution in [0.4, 0.5) is 20.4 Å². The van der Waals surface area contributed by atoms with Crippen LogP contribution in [0.3, 0.4) is 0 Å². The number of aromatic nitrogens is 2. The van der Waals surface area contributed by atoms with Gasteiger partial charge in [0.2, 0.25) is 5.95 Å². The Kier molecular flexibility index (Phi) is 7.19. The number of anilines is 2. The molecule has 7 nitrogen and oxygen atoms in total. The predicted octanol–water partition coefficient (Wildman–Crippen LogP) is 4.07. The van der Waals surface area contributed by atoms with Crippen LogP contribution in [0.1, 0.15) is 16.7 Å². The summed E-state index contributed by atoms with van der Waals surface area (Å²) in [5, 5.41) is 11.9. The summed E-state index contributed by atoms with van der Waals surface area (Å²) in [5.41, 5.74) is 1.65. The highest BCUT2D eigenvalue weighted by Crippen LogP contribution is 2.28. The van der Waals surface area contributed by atoms with Gasteiger partial charge in [-0.25, -0.2) is 18.7 Å². The SMILES string of the molecule is COc1cc(C)c(F)c(COc2cnc(Nc3ccc(C)c(OCCO)c3)nc2)c1F. The standard InChI is InChI=1S/C22H23F2N3O4/c1-13-4-5-15(9-18(13)30-7-6-28)27-22-25-10-16(11-26-22)31-12-17-20(23)14(2)8-19(29-3)21(17)24/h4-5,8-11,28H,6-7,12H2,1-3H3,(H,25,26,27). The number of halogens is 2. The smallest absolute Gasteiger partial charge is 0.227 e. The van der Waals surface area contributed by atoms with Crippen LogP contribution in [-0.4, -0.2) is 35.4 Å². The molecule has 164 valence electrons. The molecule has 0 spiro atoms. The van der Waals surface area contributed by atoms with Gasteiger partial charge in [-0.05, 0) is 37.1 Å². The summed E-state index contributed by atoms with van der Waals surface area (Å²) in [7, 11) is 1.32. The van der Waals surface area contributed by atoms with Crippen molar-refractivity contribution in [3.05, 3.63) is 65.0 Å². The molecule has 0 saturated carbocycles. The second-order valence-electron chi connectivity index (χ2n) is 6.71. The maximum absolute atomic E-state index is 14.4. The van der Waals surface area contributed by atoms with Crippen LogP contribution in [0.5, 0.6) is 17.2 Å². The van der Waals surface area contributed by atoms with Crippen molar-refractivity contribution in [2.45, 2.75) is 20.5 Å². The molecule has 9 heteroatoms. The molecule has 31 heavy (non-hydrogen) atoms. The van der Waals surface area contributed by atoms with Crippen LogP contribution in [0.15, 0.2) is 36.7 Å². The summed E-state index contributed by atoms with van der Waals surface area (Å²) < 4.78 is 44.5. The minimum absolute atomic E-state index is 0.0475. The molecule has 1 heterocycles. The number of nitrogens with one attached hydrogen (secondary N) is 1. The maximum Gasteiger partial charge on any atom is 0.227 e. The third-order valence-corrected chi connectivity index (χ3v) is 4.46. The molecule has 0 saturated heterocycles. The van der Waals surface area contributed by atoms with E-state index in [9.17, 15) is 8.78 Å². The number of aliphatic hydroxyl groups excluding tert-OH is 1. The summed E-state index contributed by atoms with van der Waals surface area (Å²) in [6.45, 7) is 3.20. The van der Waals surface area contributed by atoms with Gasteiger partial charge in [0.1, 0.15) is 24.8 Å². The molecule has 1 aromatic heterocycles. The normalized spacial score (nSPS) is 10.6. The van der Waals surface area contributed by atoms with E-state index in [4.69, 9.17) is 19.3 Å². The first-order chi connectivity index (χ1) is 14.9. The van der Waals surface area contributed by atoms with E-state index in [1.807, 2.05) is 19.1 Å². The van der Waals surface area contributed by atoms with Crippen LogP contribution in [0, 0.1) is 25.5 Å². The van der Waals surface area contributed by atoms with Gasteiger partial charge in [-0.1, -0.05) is 6.07 Å². The zero-order valence-corrected chi connectivity index (χ0v) is 17.4. The Balaban J connectivity index is 1.67. The molecule has 0 bridgehead atoms. The first-order valence-electron chi connectivity index (χ1n) is 9.50. The number of hydrogen-bond acceptors (Lipinski definition) is 7. The van der Waals surface area contributed by atoms with E-state index in [0.29, 0.717) is 17.4 Å². The van der Waals surface area contributed by atoms with Crippen molar-refractivity contribution in [2.75, 3.05) is 25.6 Å². The molecule has 3 aromatic rings.